The van der Waals surface area contributed by atoms with E-state index in [1.54, 1.807) is 18.0 Å². The van der Waals surface area contributed by atoms with Crippen LogP contribution in [0, 0.1) is 0 Å². The number of aromatic nitrogens is 1. The van der Waals surface area contributed by atoms with Gasteiger partial charge in [-0.15, -0.1) is 24.2 Å². The SMILES string of the molecule is CN1CCN(Cc2cc(=O)c(OCCCCCSc3ccnc4cc(C(F)(F)F)ccc34)co2)CC1.Cl. The van der Waals surface area contributed by atoms with Gasteiger partial charge >= 0.3 is 6.18 Å². The number of nitrogens with zero attached hydrogens (tertiary/aromatic N) is 3. The van der Waals surface area contributed by atoms with Gasteiger partial charge in [-0.2, -0.15) is 13.2 Å². The van der Waals surface area contributed by atoms with Crippen molar-refractivity contribution in [1.29, 1.82) is 0 Å². The maximum Gasteiger partial charge on any atom is 0.416 e. The number of likely N-dealkylation sites (N-methyl/N-ethyl adjacent to an activating group) is 1. The first-order valence-corrected chi connectivity index (χ1v) is 13.0. The summed E-state index contributed by atoms with van der Waals surface area (Å²) < 4.78 is 50.1. The molecule has 3 aromatic rings. The second kappa shape index (κ2) is 13.5. The number of hydrogen-bond acceptors (Lipinski definition) is 7. The van der Waals surface area contributed by atoms with Crippen LogP contribution < -0.4 is 10.2 Å². The number of piperazine rings is 1. The van der Waals surface area contributed by atoms with Crippen molar-refractivity contribution in [3.05, 3.63) is 64.3 Å². The smallest absolute Gasteiger partial charge is 0.416 e. The number of hydrogen-bond donors (Lipinski definition) is 0. The van der Waals surface area contributed by atoms with E-state index in [0.717, 1.165) is 73.6 Å². The lowest BCUT2D eigenvalue weighted by Crippen LogP contribution is -2.43. The zero-order valence-corrected chi connectivity index (χ0v) is 22.3. The molecule has 2 aromatic heterocycles. The molecule has 0 aliphatic carbocycles. The molecular weight excluding hydrogens is 527 g/mol. The van der Waals surface area contributed by atoms with E-state index in [1.165, 1.54) is 18.4 Å². The van der Waals surface area contributed by atoms with Gasteiger partial charge in [0.1, 0.15) is 12.0 Å². The average molecular weight is 558 g/mol. The van der Waals surface area contributed by atoms with Crippen molar-refractivity contribution in [2.24, 2.45) is 0 Å². The van der Waals surface area contributed by atoms with E-state index in [2.05, 4.69) is 21.8 Å². The zero-order chi connectivity index (χ0) is 25.5. The first-order chi connectivity index (χ1) is 17.3. The first-order valence-electron chi connectivity index (χ1n) is 12.0. The Bertz CT molecular complexity index is 1220. The summed E-state index contributed by atoms with van der Waals surface area (Å²) in [6.07, 6.45) is 1.17. The molecule has 11 heteroatoms. The van der Waals surface area contributed by atoms with Gasteiger partial charge < -0.3 is 14.1 Å². The monoisotopic (exact) mass is 557 g/mol. The number of pyridine rings is 1. The molecule has 1 aliphatic rings. The van der Waals surface area contributed by atoms with Gasteiger partial charge in [-0.1, -0.05) is 6.07 Å². The minimum absolute atomic E-state index is 0. The highest BCUT2D eigenvalue weighted by Crippen LogP contribution is 2.34. The summed E-state index contributed by atoms with van der Waals surface area (Å²) in [5.41, 5.74) is -0.515. The average Bonchev–Trinajstić information content (AvgIpc) is 2.85. The first kappa shape index (κ1) is 29.3. The number of benzene rings is 1. The molecular formula is C26H31ClF3N3O3S. The van der Waals surface area contributed by atoms with E-state index in [4.69, 9.17) is 9.15 Å². The quantitative estimate of drug-likeness (QED) is 0.233. The Balaban J connectivity index is 0.00000380. The van der Waals surface area contributed by atoms with Crippen LogP contribution in [0.3, 0.4) is 0 Å². The maximum atomic E-state index is 12.9. The van der Waals surface area contributed by atoms with Gasteiger partial charge in [-0.25, -0.2) is 0 Å². The number of rotatable bonds is 10. The van der Waals surface area contributed by atoms with Crippen LogP contribution in [0.15, 0.2) is 56.9 Å². The van der Waals surface area contributed by atoms with Gasteiger partial charge in [0, 0.05) is 48.7 Å². The van der Waals surface area contributed by atoms with Gasteiger partial charge in [0.2, 0.25) is 11.2 Å². The van der Waals surface area contributed by atoms with E-state index >= 15 is 0 Å². The van der Waals surface area contributed by atoms with E-state index < -0.39 is 11.7 Å². The lowest BCUT2D eigenvalue weighted by Gasteiger charge is -2.31. The van der Waals surface area contributed by atoms with Crippen LogP contribution in [0.2, 0.25) is 0 Å². The second-order valence-electron chi connectivity index (χ2n) is 8.95. The topological polar surface area (TPSA) is 58.8 Å². The van der Waals surface area contributed by atoms with Crippen LogP contribution in [-0.2, 0) is 12.7 Å². The molecule has 0 amide bonds. The van der Waals surface area contributed by atoms with Gasteiger partial charge in [0.15, 0.2) is 0 Å². The molecule has 0 unspecified atom stereocenters. The molecule has 1 saturated heterocycles. The zero-order valence-electron chi connectivity index (χ0n) is 20.6. The molecule has 4 rings (SSSR count). The molecule has 0 atom stereocenters. The Labute approximate surface area is 224 Å². The van der Waals surface area contributed by atoms with E-state index in [9.17, 15) is 18.0 Å². The number of alkyl halides is 3. The van der Waals surface area contributed by atoms with E-state index in [1.807, 2.05) is 6.07 Å². The molecule has 202 valence electrons. The van der Waals surface area contributed by atoms with Crippen LogP contribution in [0.25, 0.3) is 10.9 Å². The molecule has 3 heterocycles. The Morgan fingerprint density at radius 1 is 1.08 bits per heavy atom. The Kier molecular flexibility index (Phi) is 10.7. The summed E-state index contributed by atoms with van der Waals surface area (Å²) in [5.74, 6) is 1.70. The molecule has 1 fully saturated rings. The molecule has 6 nitrogen and oxygen atoms in total. The summed E-state index contributed by atoms with van der Waals surface area (Å²) in [7, 11) is 2.10. The van der Waals surface area contributed by atoms with Crippen LogP contribution in [-0.4, -0.2) is 60.4 Å². The summed E-state index contributed by atoms with van der Waals surface area (Å²) in [6.45, 7) is 4.96. The van der Waals surface area contributed by atoms with E-state index in [-0.39, 0.29) is 23.6 Å². The van der Waals surface area contributed by atoms with Crippen molar-refractivity contribution in [1.82, 2.24) is 14.8 Å². The fourth-order valence-electron chi connectivity index (χ4n) is 4.02. The van der Waals surface area contributed by atoms with Gasteiger partial charge in [-0.3, -0.25) is 14.7 Å². The lowest BCUT2D eigenvalue weighted by molar-refractivity contribution is -0.137. The minimum Gasteiger partial charge on any atom is -0.487 e. The maximum absolute atomic E-state index is 12.9. The Hall–Kier alpha value is -2.27. The summed E-state index contributed by atoms with van der Waals surface area (Å²) >= 11 is 1.60. The fraction of sp³-hybridized carbons (Fsp3) is 0.462. The third-order valence-corrected chi connectivity index (χ3v) is 7.32. The summed E-state index contributed by atoms with van der Waals surface area (Å²) in [4.78, 5) is 21.9. The molecule has 0 spiro atoms. The normalized spacial score (nSPS) is 15.0. The number of fused-ring (bicyclic) bond motifs is 1. The van der Waals surface area contributed by atoms with E-state index in [0.29, 0.717) is 24.4 Å². The Morgan fingerprint density at radius 2 is 1.86 bits per heavy atom. The van der Waals surface area contributed by atoms with Crippen molar-refractivity contribution < 1.29 is 22.3 Å². The molecule has 0 saturated carbocycles. The van der Waals surface area contributed by atoms with Gasteiger partial charge in [0.25, 0.3) is 0 Å². The third-order valence-electron chi connectivity index (χ3n) is 6.16. The predicted molar refractivity (Wildman–Crippen MR) is 142 cm³/mol. The summed E-state index contributed by atoms with van der Waals surface area (Å²) in [5, 5.41) is 0.724. The standard InChI is InChI=1S/C26H30F3N3O3S.ClH/c1-31-9-11-32(12-10-31)17-20-16-23(33)24(18-35-20)34-13-3-2-4-14-36-25-7-8-30-22-15-19(26(27,28)29)5-6-21(22)25;/h5-8,15-16,18H,2-4,9-14,17H2,1H3;1H. The number of halogens is 4. The number of thioether (sulfide) groups is 1. The van der Waals surface area contributed by atoms with Crippen molar-refractivity contribution in [2.75, 3.05) is 45.6 Å². The Morgan fingerprint density at radius 3 is 2.59 bits per heavy atom. The highest BCUT2D eigenvalue weighted by Gasteiger charge is 2.30. The van der Waals surface area contributed by atoms with Crippen LogP contribution >= 0.6 is 24.2 Å². The molecule has 0 N–H and O–H groups in total. The second-order valence-corrected chi connectivity index (χ2v) is 10.1. The highest BCUT2D eigenvalue weighted by molar-refractivity contribution is 7.99. The molecule has 1 aliphatic heterocycles. The highest BCUT2D eigenvalue weighted by atomic mass is 35.5. The molecule has 0 bridgehead atoms. The lowest BCUT2D eigenvalue weighted by atomic mass is 10.1. The molecule has 0 radical (unpaired) electrons. The number of unbranched alkanes of at least 4 members (excludes halogenated alkanes) is 2. The largest absolute Gasteiger partial charge is 0.487 e. The molecule has 1 aromatic carbocycles. The van der Waals surface area contributed by atoms with Crippen LogP contribution in [0.5, 0.6) is 5.75 Å². The van der Waals surface area contributed by atoms with Crippen molar-refractivity contribution in [2.45, 2.75) is 36.9 Å². The molecule has 37 heavy (non-hydrogen) atoms. The van der Waals surface area contributed by atoms with Crippen LogP contribution in [0.1, 0.15) is 30.6 Å². The minimum atomic E-state index is -4.38. The number of ether oxygens (including phenoxy) is 1. The van der Waals surface area contributed by atoms with Crippen molar-refractivity contribution >= 4 is 35.1 Å². The third kappa shape index (κ3) is 8.36. The van der Waals surface area contributed by atoms with Gasteiger partial charge in [0.05, 0.1) is 24.2 Å². The summed E-state index contributed by atoms with van der Waals surface area (Å²) in [6, 6.07) is 7.02. The van der Waals surface area contributed by atoms with Crippen molar-refractivity contribution in [3.63, 3.8) is 0 Å². The predicted octanol–water partition coefficient (Wildman–Crippen LogP) is 5.72. The van der Waals surface area contributed by atoms with Crippen molar-refractivity contribution in [3.8, 4) is 5.75 Å². The van der Waals surface area contributed by atoms with Crippen LogP contribution in [0.4, 0.5) is 13.2 Å². The fourth-order valence-corrected chi connectivity index (χ4v) is 5.08. The van der Waals surface area contributed by atoms with Gasteiger partial charge in [-0.05, 0) is 50.3 Å².